The topological polar surface area (TPSA) is 60.3 Å². The molecule has 3 aromatic rings. The van der Waals surface area contributed by atoms with Crippen molar-refractivity contribution in [3.63, 3.8) is 0 Å². The van der Waals surface area contributed by atoms with Crippen LogP contribution in [0.15, 0.2) is 59.4 Å². The predicted octanol–water partition coefficient (Wildman–Crippen LogP) is 2.96. The fraction of sp³-hybridized carbons (Fsp3) is 0.158. The number of pyridine rings is 1. The summed E-state index contributed by atoms with van der Waals surface area (Å²) < 4.78 is 6.57. The Bertz CT molecular complexity index is 943. The molecule has 2 aromatic carbocycles. The van der Waals surface area contributed by atoms with Crippen LogP contribution in [0.3, 0.4) is 0 Å². The van der Waals surface area contributed by atoms with Gasteiger partial charge in [0.1, 0.15) is 12.3 Å². The third-order valence-electron chi connectivity index (χ3n) is 3.90. The second kappa shape index (κ2) is 6.58. The zero-order valence-electron chi connectivity index (χ0n) is 13.6. The summed E-state index contributed by atoms with van der Waals surface area (Å²) in [5, 5.41) is 3.76. The number of carbonyl (C=O) groups is 1. The predicted molar refractivity (Wildman–Crippen MR) is 94.6 cm³/mol. The molecular weight excluding hydrogens is 304 g/mol. The van der Waals surface area contributed by atoms with Gasteiger partial charge in [0.05, 0.1) is 12.6 Å². The first-order chi connectivity index (χ1) is 11.6. The third-order valence-corrected chi connectivity index (χ3v) is 3.90. The Morgan fingerprint density at radius 1 is 1.12 bits per heavy atom. The van der Waals surface area contributed by atoms with E-state index in [9.17, 15) is 9.59 Å². The Balaban J connectivity index is 1.86. The minimum Gasteiger partial charge on any atom is -0.497 e. The van der Waals surface area contributed by atoms with Crippen LogP contribution in [-0.4, -0.2) is 17.6 Å². The SMILES string of the molecule is COc1ccc(NC(=O)Cn2c(=O)cc(C)c3ccccc32)cc1. The average molecular weight is 322 g/mol. The molecule has 122 valence electrons. The molecule has 1 heterocycles. The van der Waals surface area contributed by atoms with Crippen LogP contribution in [0.5, 0.6) is 5.75 Å². The van der Waals surface area contributed by atoms with Crippen molar-refractivity contribution >= 4 is 22.5 Å². The molecule has 0 spiro atoms. The van der Waals surface area contributed by atoms with Crippen molar-refractivity contribution in [1.29, 1.82) is 0 Å². The van der Waals surface area contributed by atoms with E-state index in [1.54, 1.807) is 37.4 Å². The molecule has 0 aliphatic heterocycles. The van der Waals surface area contributed by atoms with Crippen molar-refractivity contribution in [2.45, 2.75) is 13.5 Å². The summed E-state index contributed by atoms with van der Waals surface area (Å²) in [6, 6.07) is 16.2. The van der Waals surface area contributed by atoms with Crippen LogP contribution in [0.4, 0.5) is 5.69 Å². The quantitative estimate of drug-likeness (QED) is 0.803. The van der Waals surface area contributed by atoms with Gasteiger partial charge in [0.15, 0.2) is 0 Å². The van der Waals surface area contributed by atoms with Crippen molar-refractivity contribution < 1.29 is 9.53 Å². The maximum absolute atomic E-state index is 12.3. The second-order valence-electron chi connectivity index (χ2n) is 5.55. The number of methoxy groups -OCH3 is 1. The molecule has 0 aliphatic carbocycles. The van der Waals surface area contributed by atoms with Crippen molar-refractivity contribution in [1.82, 2.24) is 4.57 Å². The number of para-hydroxylation sites is 1. The molecule has 0 aliphatic rings. The van der Waals surface area contributed by atoms with E-state index in [0.717, 1.165) is 16.5 Å². The number of aromatic nitrogens is 1. The highest BCUT2D eigenvalue weighted by molar-refractivity contribution is 5.92. The highest BCUT2D eigenvalue weighted by Crippen LogP contribution is 2.17. The largest absolute Gasteiger partial charge is 0.497 e. The van der Waals surface area contributed by atoms with E-state index >= 15 is 0 Å². The summed E-state index contributed by atoms with van der Waals surface area (Å²) in [6.45, 7) is 1.86. The van der Waals surface area contributed by atoms with Crippen LogP contribution in [-0.2, 0) is 11.3 Å². The molecule has 1 N–H and O–H groups in total. The van der Waals surface area contributed by atoms with E-state index in [2.05, 4.69) is 5.32 Å². The lowest BCUT2D eigenvalue weighted by molar-refractivity contribution is -0.116. The van der Waals surface area contributed by atoms with Crippen molar-refractivity contribution in [2.75, 3.05) is 12.4 Å². The molecule has 0 bridgehead atoms. The van der Waals surface area contributed by atoms with Gasteiger partial charge >= 0.3 is 0 Å². The number of fused-ring (bicyclic) bond motifs is 1. The van der Waals surface area contributed by atoms with Gasteiger partial charge < -0.3 is 10.1 Å². The summed E-state index contributed by atoms with van der Waals surface area (Å²) in [7, 11) is 1.59. The lowest BCUT2D eigenvalue weighted by Crippen LogP contribution is -2.27. The standard InChI is InChI=1S/C19H18N2O3/c1-13-11-19(23)21(17-6-4-3-5-16(13)17)12-18(22)20-14-7-9-15(24-2)10-8-14/h3-11H,12H2,1-2H3,(H,20,22). The van der Waals surface area contributed by atoms with Crippen LogP contribution in [0.2, 0.25) is 0 Å². The smallest absolute Gasteiger partial charge is 0.251 e. The number of hydrogen-bond donors (Lipinski definition) is 1. The third kappa shape index (κ3) is 3.15. The molecule has 24 heavy (non-hydrogen) atoms. The molecule has 0 saturated carbocycles. The lowest BCUT2D eigenvalue weighted by Gasteiger charge is -2.12. The van der Waals surface area contributed by atoms with Crippen LogP contribution >= 0.6 is 0 Å². The second-order valence-corrected chi connectivity index (χ2v) is 5.55. The number of hydrogen-bond acceptors (Lipinski definition) is 3. The van der Waals surface area contributed by atoms with Crippen LogP contribution in [0.1, 0.15) is 5.56 Å². The Hall–Kier alpha value is -3.08. The van der Waals surface area contributed by atoms with Crippen LogP contribution < -0.4 is 15.6 Å². The van der Waals surface area contributed by atoms with Crippen LogP contribution in [0, 0.1) is 6.92 Å². The molecule has 3 rings (SSSR count). The van der Waals surface area contributed by atoms with Crippen molar-refractivity contribution in [3.8, 4) is 5.75 Å². The molecule has 1 amide bonds. The monoisotopic (exact) mass is 322 g/mol. The molecule has 5 heteroatoms. The fourth-order valence-electron chi connectivity index (χ4n) is 2.68. The van der Waals surface area contributed by atoms with Gasteiger partial charge in [-0.25, -0.2) is 0 Å². The van der Waals surface area contributed by atoms with E-state index in [0.29, 0.717) is 11.4 Å². The van der Waals surface area contributed by atoms with E-state index < -0.39 is 0 Å². The van der Waals surface area contributed by atoms with Crippen molar-refractivity contribution in [2.24, 2.45) is 0 Å². The maximum Gasteiger partial charge on any atom is 0.251 e. The van der Waals surface area contributed by atoms with Gasteiger partial charge in [-0.2, -0.15) is 0 Å². The summed E-state index contributed by atoms with van der Waals surface area (Å²) in [4.78, 5) is 24.6. The summed E-state index contributed by atoms with van der Waals surface area (Å²) in [5.41, 5.74) is 2.14. The number of carbonyl (C=O) groups excluding carboxylic acids is 1. The van der Waals surface area contributed by atoms with Gasteiger partial charge in [-0.3, -0.25) is 14.2 Å². The van der Waals surface area contributed by atoms with E-state index in [4.69, 9.17) is 4.74 Å². The molecule has 1 aromatic heterocycles. The Labute approximate surface area is 139 Å². The molecule has 0 fully saturated rings. The number of anilines is 1. The number of amides is 1. The fourth-order valence-corrected chi connectivity index (χ4v) is 2.68. The summed E-state index contributed by atoms with van der Waals surface area (Å²) >= 11 is 0. The number of ether oxygens (including phenoxy) is 1. The zero-order valence-corrected chi connectivity index (χ0v) is 13.6. The van der Waals surface area contributed by atoms with Crippen LogP contribution in [0.25, 0.3) is 10.9 Å². The molecule has 0 radical (unpaired) electrons. The number of aryl methyl sites for hydroxylation is 1. The Kier molecular flexibility index (Phi) is 4.33. The van der Waals surface area contributed by atoms with E-state index in [1.807, 2.05) is 31.2 Å². The Morgan fingerprint density at radius 2 is 1.83 bits per heavy atom. The molecule has 5 nitrogen and oxygen atoms in total. The van der Waals surface area contributed by atoms with E-state index in [-0.39, 0.29) is 18.0 Å². The summed E-state index contributed by atoms with van der Waals surface area (Å²) in [5.74, 6) is 0.463. The number of benzene rings is 2. The number of rotatable bonds is 4. The molecule has 0 saturated heterocycles. The van der Waals surface area contributed by atoms with Gasteiger partial charge in [-0.15, -0.1) is 0 Å². The zero-order chi connectivity index (χ0) is 17.1. The summed E-state index contributed by atoms with van der Waals surface area (Å²) in [6.07, 6.45) is 0. The highest BCUT2D eigenvalue weighted by atomic mass is 16.5. The molecule has 0 atom stereocenters. The molecule has 0 unspecified atom stereocenters. The lowest BCUT2D eigenvalue weighted by atomic mass is 10.1. The minimum absolute atomic E-state index is 0.0361. The number of nitrogens with zero attached hydrogens (tertiary/aromatic N) is 1. The first-order valence-electron chi connectivity index (χ1n) is 7.61. The Morgan fingerprint density at radius 3 is 2.54 bits per heavy atom. The molecular formula is C19H18N2O3. The van der Waals surface area contributed by atoms with Gasteiger partial charge in [0.25, 0.3) is 5.56 Å². The highest BCUT2D eigenvalue weighted by Gasteiger charge is 2.10. The van der Waals surface area contributed by atoms with Crippen molar-refractivity contribution in [3.05, 3.63) is 70.5 Å². The van der Waals surface area contributed by atoms with Gasteiger partial charge in [0.2, 0.25) is 5.91 Å². The van der Waals surface area contributed by atoms with Gasteiger partial charge in [-0.05, 0) is 42.8 Å². The van der Waals surface area contributed by atoms with E-state index in [1.165, 1.54) is 4.57 Å². The normalized spacial score (nSPS) is 10.6. The average Bonchev–Trinajstić information content (AvgIpc) is 2.59. The first-order valence-corrected chi connectivity index (χ1v) is 7.61. The van der Waals surface area contributed by atoms with Gasteiger partial charge in [-0.1, -0.05) is 18.2 Å². The minimum atomic E-state index is -0.253. The first kappa shape index (κ1) is 15.8. The van der Waals surface area contributed by atoms with Gasteiger partial charge in [0, 0.05) is 17.1 Å². The number of nitrogens with one attached hydrogen (secondary N) is 1. The maximum atomic E-state index is 12.3.